The fraction of sp³-hybridized carbons (Fsp3) is 0.667. The molecule has 0 bridgehead atoms. The predicted octanol–water partition coefficient (Wildman–Crippen LogP) is -0.308. The van der Waals surface area contributed by atoms with Gasteiger partial charge in [0.05, 0.1) is 0 Å². The first-order chi connectivity index (χ1) is 5.57. The van der Waals surface area contributed by atoms with E-state index in [1.54, 1.807) is 0 Å². The second-order valence-electron chi connectivity index (χ2n) is 2.20. The molecule has 0 saturated heterocycles. The number of rotatable bonds is 5. The maximum absolute atomic E-state index is 10.7. The van der Waals surface area contributed by atoms with Crippen LogP contribution in [-0.4, -0.2) is 29.2 Å². The summed E-state index contributed by atoms with van der Waals surface area (Å²) in [7, 11) is -0.546. The minimum absolute atomic E-state index is 0.0174. The van der Waals surface area contributed by atoms with Crippen molar-refractivity contribution in [1.82, 2.24) is 5.32 Å². The van der Waals surface area contributed by atoms with Crippen molar-refractivity contribution >= 4 is 19.9 Å². The van der Waals surface area contributed by atoms with E-state index in [9.17, 15) is 14.2 Å². The van der Waals surface area contributed by atoms with E-state index in [1.807, 2.05) is 0 Å². The molecule has 0 unspecified atom stereocenters. The van der Waals surface area contributed by atoms with Crippen molar-refractivity contribution in [3.05, 3.63) is 0 Å². The largest absolute Gasteiger partial charge is 0.384 e. The highest BCUT2D eigenvalue weighted by Crippen LogP contribution is 1.96. The number of carbonyl (C=O) groups is 2. The van der Waals surface area contributed by atoms with Crippen molar-refractivity contribution in [1.29, 1.82) is 0 Å². The summed E-state index contributed by atoms with van der Waals surface area (Å²) in [5, 5.41) is 11.0. The highest BCUT2D eigenvalue weighted by Gasteiger charge is 2.08. The highest BCUT2D eigenvalue weighted by atomic mass is 31.1. The number of carbonyl (C=O) groups excluding carboxylic acids is 2. The molecule has 0 aromatic heterocycles. The Hall–Kier alpha value is -0.800. The quantitative estimate of drug-likeness (QED) is 0.584. The topological polar surface area (TPSA) is 83.5 Å². The lowest BCUT2D eigenvalue weighted by Crippen LogP contribution is -2.33. The molecule has 0 aliphatic rings. The van der Waals surface area contributed by atoms with E-state index in [4.69, 9.17) is 5.11 Å². The van der Waals surface area contributed by atoms with Gasteiger partial charge in [0.2, 0.25) is 19.9 Å². The van der Waals surface area contributed by atoms with Gasteiger partial charge in [-0.15, -0.1) is 0 Å². The van der Waals surface area contributed by atoms with Crippen molar-refractivity contribution in [3.63, 3.8) is 0 Å². The molecule has 0 aromatic rings. The molecular weight excluding hydrogens is 181 g/mol. The standard InChI is InChI=1S/C6H10NO4P/c1-4(8)6(10)7-3-2-5(9)12-11/h4,8H,2-3H2,1H3,(H,7,10)/t4-/m0/s1. The van der Waals surface area contributed by atoms with Crippen molar-refractivity contribution in [2.24, 2.45) is 0 Å². The van der Waals surface area contributed by atoms with Crippen LogP contribution in [0, 0.1) is 0 Å². The van der Waals surface area contributed by atoms with Gasteiger partial charge in [0.15, 0.2) is 0 Å². The maximum atomic E-state index is 10.7. The van der Waals surface area contributed by atoms with E-state index < -0.39 is 26.0 Å². The first-order valence-corrected chi connectivity index (χ1v) is 4.21. The molecule has 0 spiro atoms. The molecule has 0 fully saturated rings. The molecule has 5 nitrogen and oxygen atoms in total. The molecule has 68 valence electrons. The van der Waals surface area contributed by atoms with Gasteiger partial charge < -0.3 is 10.4 Å². The first kappa shape index (κ1) is 11.2. The molecule has 0 aromatic carbocycles. The number of hydrogen-bond acceptors (Lipinski definition) is 4. The monoisotopic (exact) mass is 191 g/mol. The summed E-state index contributed by atoms with van der Waals surface area (Å²) in [6, 6.07) is 0. The van der Waals surface area contributed by atoms with Crippen LogP contribution in [0.1, 0.15) is 13.3 Å². The Labute approximate surface area is 71.4 Å². The number of aliphatic hydroxyl groups excluding tert-OH is 1. The summed E-state index contributed by atoms with van der Waals surface area (Å²) < 4.78 is 9.90. The van der Waals surface area contributed by atoms with E-state index in [2.05, 4.69) is 5.32 Å². The van der Waals surface area contributed by atoms with Crippen LogP contribution in [-0.2, 0) is 14.2 Å². The van der Waals surface area contributed by atoms with Crippen LogP contribution in [0.25, 0.3) is 0 Å². The van der Waals surface area contributed by atoms with Gasteiger partial charge in [0.25, 0.3) is 0 Å². The van der Waals surface area contributed by atoms with E-state index in [1.165, 1.54) is 6.92 Å². The molecule has 1 amide bonds. The number of hydrogen-bond donors (Lipinski definition) is 2. The normalized spacial score (nSPS) is 12.5. The molecule has 0 aliphatic heterocycles. The second kappa shape index (κ2) is 5.80. The lowest BCUT2D eigenvalue weighted by Gasteiger charge is -2.04. The zero-order chi connectivity index (χ0) is 9.56. The Morgan fingerprint density at radius 2 is 2.17 bits per heavy atom. The number of nitrogens with one attached hydrogen (secondary N) is 1. The van der Waals surface area contributed by atoms with Gasteiger partial charge in [-0.3, -0.25) is 14.2 Å². The Morgan fingerprint density at radius 1 is 1.58 bits per heavy atom. The van der Waals surface area contributed by atoms with Gasteiger partial charge in [-0.25, -0.2) is 0 Å². The Bertz CT molecular complexity index is 192. The summed E-state index contributed by atoms with van der Waals surface area (Å²) in [5.74, 6) is -0.537. The molecule has 1 atom stereocenters. The third-order valence-electron chi connectivity index (χ3n) is 1.12. The van der Waals surface area contributed by atoms with E-state index >= 15 is 0 Å². The predicted molar refractivity (Wildman–Crippen MR) is 41.9 cm³/mol. The lowest BCUT2D eigenvalue weighted by atomic mass is 10.3. The molecule has 6 heteroatoms. The summed E-state index contributed by atoms with van der Waals surface area (Å²) >= 11 is 0. The van der Waals surface area contributed by atoms with Crippen LogP contribution < -0.4 is 5.32 Å². The fourth-order valence-electron chi connectivity index (χ4n) is 0.486. The molecule has 0 rings (SSSR count). The van der Waals surface area contributed by atoms with Gasteiger partial charge in [0.1, 0.15) is 6.10 Å². The fourth-order valence-corrected chi connectivity index (χ4v) is 0.689. The minimum Gasteiger partial charge on any atom is -0.384 e. The molecule has 0 saturated carbocycles. The van der Waals surface area contributed by atoms with Crippen LogP contribution in [0.5, 0.6) is 0 Å². The summed E-state index contributed by atoms with van der Waals surface area (Å²) in [6.07, 6.45) is -1.06. The van der Waals surface area contributed by atoms with Crippen LogP contribution >= 0.6 is 8.46 Å². The molecule has 12 heavy (non-hydrogen) atoms. The van der Waals surface area contributed by atoms with Gasteiger partial charge >= 0.3 is 0 Å². The van der Waals surface area contributed by atoms with Gasteiger partial charge in [-0.1, -0.05) is 0 Å². The van der Waals surface area contributed by atoms with E-state index in [-0.39, 0.29) is 13.0 Å². The zero-order valence-electron chi connectivity index (χ0n) is 6.61. The van der Waals surface area contributed by atoms with E-state index in [0.717, 1.165) is 0 Å². The summed E-state index contributed by atoms with van der Waals surface area (Å²) in [6.45, 7) is 1.43. The molecule has 2 N–H and O–H groups in total. The summed E-state index contributed by atoms with van der Waals surface area (Å²) in [5.41, 5.74) is -0.471. The molecule has 0 aliphatic carbocycles. The SMILES string of the molecule is C[C@H](O)C(=O)NCCC(=O)P=O. The summed E-state index contributed by atoms with van der Waals surface area (Å²) in [4.78, 5) is 21.1. The van der Waals surface area contributed by atoms with Gasteiger partial charge in [0, 0.05) is 13.0 Å². The van der Waals surface area contributed by atoms with Crippen LogP contribution in [0.3, 0.4) is 0 Å². The third kappa shape index (κ3) is 4.93. The average Bonchev–Trinajstić information content (AvgIpc) is 2.03. The number of aliphatic hydroxyl groups is 1. The molecular formula is C6H10NO4P. The number of amides is 1. The second-order valence-corrected chi connectivity index (χ2v) is 2.88. The Morgan fingerprint density at radius 3 is 2.58 bits per heavy atom. The van der Waals surface area contributed by atoms with Crippen molar-refractivity contribution in [2.45, 2.75) is 19.4 Å². The minimum atomic E-state index is -1.08. The van der Waals surface area contributed by atoms with Gasteiger partial charge in [-0.2, -0.15) is 0 Å². The first-order valence-electron chi connectivity index (χ1n) is 3.40. The van der Waals surface area contributed by atoms with Crippen LogP contribution in [0.2, 0.25) is 0 Å². The van der Waals surface area contributed by atoms with Gasteiger partial charge in [-0.05, 0) is 6.92 Å². The molecule has 0 radical (unpaired) electrons. The van der Waals surface area contributed by atoms with Crippen LogP contribution in [0.15, 0.2) is 0 Å². The lowest BCUT2D eigenvalue weighted by molar-refractivity contribution is -0.128. The van der Waals surface area contributed by atoms with Crippen LogP contribution in [0.4, 0.5) is 0 Å². The highest BCUT2D eigenvalue weighted by molar-refractivity contribution is 7.46. The Kier molecular flexibility index (Phi) is 5.41. The van der Waals surface area contributed by atoms with Crippen molar-refractivity contribution in [3.8, 4) is 0 Å². The molecule has 0 heterocycles. The average molecular weight is 191 g/mol. The van der Waals surface area contributed by atoms with Crippen molar-refractivity contribution < 1.29 is 19.3 Å². The zero-order valence-corrected chi connectivity index (χ0v) is 7.51. The maximum Gasteiger partial charge on any atom is 0.248 e. The smallest absolute Gasteiger partial charge is 0.248 e. The third-order valence-corrected chi connectivity index (χ3v) is 1.55. The Balaban J connectivity index is 3.50. The van der Waals surface area contributed by atoms with Crippen molar-refractivity contribution in [2.75, 3.05) is 6.54 Å². The van der Waals surface area contributed by atoms with E-state index in [0.29, 0.717) is 0 Å².